The van der Waals surface area contributed by atoms with Gasteiger partial charge in [-0.05, 0) is 42.6 Å². The minimum Gasteiger partial charge on any atom is -0.335 e. The van der Waals surface area contributed by atoms with Crippen LogP contribution in [0.1, 0.15) is 16.6 Å². The summed E-state index contributed by atoms with van der Waals surface area (Å²) >= 11 is 1.90. The second kappa shape index (κ2) is 9.49. The largest absolute Gasteiger partial charge is 0.335 e. The first-order chi connectivity index (χ1) is 13.4. The highest BCUT2D eigenvalue weighted by Gasteiger charge is 2.28. The third-order valence-electron chi connectivity index (χ3n) is 4.61. The molecule has 1 fully saturated rings. The van der Waals surface area contributed by atoms with E-state index in [-0.39, 0.29) is 17.9 Å². The van der Waals surface area contributed by atoms with Gasteiger partial charge in [-0.1, -0.05) is 17.8 Å². The van der Waals surface area contributed by atoms with Gasteiger partial charge in [0.2, 0.25) is 5.91 Å². The van der Waals surface area contributed by atoms with Gasteiger partial charge in [0.25, 0.3) is 11.7 Å². The maximum Gasteiger partial charge on any atom is 0.288 e. The van der Waals surface area contributed by atoms with Gasteiger partial charge in [0.1, 0.15) is 0 Å². The fraction of sp³-hybridized carbons (Fsp3) is 0.368. The van der Waals surface area contributed by atoms with E-state index in [2.05, 4.69) is 5.32 Å². The maximum atomic E-state index is 12.5. The van der Waals surface area contributed by atoms with Gasteiger partial charge in [0, 0.05) is 36.8 Å². The molecule has 28 heavy (non-hydrogen) atoms. The SMILES string of the molecule is C[C@@H](C(=O)Nc1ccc(SC(F)F)cc1)N1CCN(C(=O)c2cccs2)CC1. The summed E-state index contributed by atoms with van der Waals surface area (Å²) in [6.07, 6.45) is 0. The molecule has 1 N–H and O–H groups in total. The average molecular weight is 426 g/mol. The summed E-state index contributed by atoms with van der Waals surface area (Å²) in [5.41, 5.74) is 0.571. The van der Waals surface area contributed by atoms with Crippen LogP contribution < -0.4 is 5.32 Å². The number of halogens is 2. The number of alkyl halides is 2. The van der Waals surface area contributed by atoms with Crippen LogP contribution in [0.25, 0.3) is 0 Å². The van der Waals surface area contributed by atoms with Crippen molar-refractivity contribution in [1.82, 2.24) is 9.80 Å². The molecule has 150 valence electrons. The van der Waals surface area contributed by atoms with Crippen LogP contribution in [-0.4, -0.2) is 59.6 Å². The lowest BCUT2D eigenvalue weighted by atomic mass is 10.2. The molecule has 5 nitrogen and oxygen atoms in total. The summed E-state index contributed by atoms with van der Waals surface area (Å²) < 4.78 is 24.7. The van der Waals surface area contributed by atoms with Gasteiger partial charge in [-0.25, -0.2) is 0 Å². The third kappa shape index (κ3) is 5.30. The number of thioether (sulfide) groups is 1. The topological polar surface area (TPSA) is 52.7 Å². The van der Waals surface area contributed by atoms with Crippen LogP contribution in [-0.2, 0) is 4.79 Å². The van der Waals surface area contributed by atoms with Crippen LogP contribution in [0.4, 0.5) is 14.5 Å². The molecular weight excluding hydrogens is 404 g/mol. The predicted octanol–water partition coefficient (Wildman–Crippen LogP) is 3.85. The van der Waals surface area contributed by atoms with Crippen LogP contribution in [0.5, 0.6) is 0 Å². The minimum absolute atomic E-state index is 0.0357. The van der Waals surface area contributed by atoms with Crippen molar-refractivity contribution in [3.63, 3.8) is 0 Å². The Labute approximate surface area is 170 Å². The molecule has 1 atom stereocenters. The molecule has 2 aromatic rings. The number of thiophene rings is 1. The molecule has 1 aliphatic rings. The third-order valence-corrected chi connectivity index (χ3v) is 6.19. The zero-order valence-corrected chi connectivity index (χ0v) is 16.9. The molecule has 0 bridgehead atoms. The van der Waals surface area contributed by atoms with E-state index >= 15 is 0 Å². The van der Waals surface area contributed by atoms with E-state index in [0.717, 1.165) is 4.88 Å². The number of rotatable bonds is 6. The van der Waals surface area contributed by atoms with Crippen LogP contribution in [0.15, 0.2) is 46.7 Å². The lowest BCUT2D eigenvalue weighted by molar-refractivity contribution is -0.121. The van der Waals surface area contributed by atoms with Crippen molar-refractivity contribution < 1.29 is 18.4 Å². The second-order valence-corrected chi connectivity index (χ2v) is 8.38. The highest BCUT2D eigenvalue weighted by Crippen LogP contribution is 2.26. The lowest BCUT2D eigenvalue weighted by Gasteiger charge is -2.37. The number of hydrogen-bond acceptors (Lipinski definition) is 5. The van der Waals surface area contributed by atoms with E-state index in [1.807, 2.05) is 34.2 Å². The fourth-order valence-corrected chi connectivity index (χ4v) is 4.19. The molecule has 1 aliphatic heterocycles. The standard InChI is InChI=1S/C19H21F2N3O2S2/c1-13(17(25)22-14-4-6-15(7-5-14)28-19(20)21)23-8-10-24(11-9-23)18(26)16-3-2-12-27-16/h2-7,12-13,19H,8-11H2,1H3,(H,22,25)/t13-/m0/s1. The van der Waals surface area contributed by atoms with Crippen LogP contribution in [0.2, 0.25) is 0 Å². The second-order valence-electron chi connectivity index (χ2n) is 6.37. The molecule has 1 saturated heterocycles. The van der Waals surface area contributed by atoms with Crippen LogP contribution in [0.3, 0.4) is 0 Å². The molecule has 9 heteroatoms. The van der Waals surface area contributed by atoms with Gasteiger partial charge in [-0.2, -0.15) is 8.78 Å². The monoisotopic (exact) mass is 425 g/mol. The number of carbonyl (C=O) groups is 2. The molecule has 0 saturated carbocycles. The number of hydrogen-bond donors (Lipinski definition) is 1. The molecule has 3 rings (SSSR count). The number of anilines is 1. The Kier molecular flexibility index (Phi) is 7.03. The van der Waals surface area contributed by atoms with E-state index in [0.29, 0.717) is 48.5 Å². The van der Waals surface area contributed by atoms with Gasteiger partial charge < -0.3 is 10.2 Å². The number of piperazine rings is 1. The molecule has 2 heterocycles. The Bertz CT molecular complexity index is 792. The van der Waals surface area contributed by atoms with Gasteiger partial charge in [-0.3, -0.25) is 14.5 Å². The molecule has 1 aromatic heterocycles. The highest BCUT2D eigenvalue weighted by atomic mass is 32.2. The molecule has 2 amide bonds. The number of nitrogens with zero attached hydrogens (tertiary/aromatic N) is 2. The normalized spacial score (nSPS) is 16.2. The van der Waals surface area contributed by atoms with Crippen LogP contribution >= 0.6 is 23.1 Å². The van der Waals surface area contributed by atoms with Crippen molar-refractivity contribution >= 4 is 40.6 Å². The van der Waals surface area contributed by atoms with E-state index in [4.69, 9.17) is 0 Å². The van der Waals surface area contributed by atoms with Crippen molar-refractivity contribution in [3.8, 4) is 0 Å². The summed E-state index contributed by atoms with van der Waals surface area (Å²) in [5, 5.41) is 4.70. The Hall–Kier alpha value is -1.97. The molecule has 0 aliphatic carbocycles. The van der Waals surface area contributed by atoms with Gasteiger partial charge in [-0.15, -0.1) is 11.3 Å². The molecular formula is C19H21F2N3O2S2. The number of carbonyl (C=O) groups excluding carboxylic acids is 2. The van der Waals surface area contributed by atoms with E-state index in [9.17, 15) is 18.4 Å². The summed E-state index contributed by atoms with van der Waals surface area (Å²) in [6, 6.07) is 9.69. The van der Waals surface area contributed by atoms with Crippen molar-refractivity contribution in [3.05, 3.63) is 46.7 Å². The van der Waals surface area contributed by atoms with E-state index in [1.165, 1.54) is 11.3 Å². The van der Waals surface area contributed by atoms with Crippen molar-refractivity contribution in [2.75, 3.05) is 31.5 Å². The number of amides is 2. The number of nitrogens with one attached hydrogen (secondary N) is 1. The minimum atomic E-state index is -2.47. The van der Waals surface area contributed by atoms with Gasteiger partial charge in [0.15, 0.2) is 0 Å². The summed E-state index contributed by atoms with van der Waals surface area (Å²) in [5.74, 6) is -2.59. The Morgan fingerprint density at radius 1 is 1.11 bits per heavy atom. The molecule has 0 spiro atoms. The fourth-order valence-electron chi connectivity index (χ4n) is 3.00. The zero-order chi connectivity index (χ0) is 20.1. The first-order valence-electron chi connectivity index (χ1n) is 8.86. The quantitative estimate of drug-likeness (QED) is 0.715. The van der Waals surface area contributed by atoms with E-state index in [1.54, 1.807) is 24.3 Å². The van der Waals surface area contributed by atoms with Crippen molar-refractivity contribution in [2.24, 2.45) is 0 Å². The number of benzene rings is 1. The first-order valence-corrected chi connectivity index (χ1v) is 10.6. The molecule has 0 unspecified atom stereocenters. The summed E-state index contributed by atoms with van der Waals surface area (Å²) in [4.78, 5) is 29.9. The average Bonchev–Trinajstić information content (AvgIpc) is 3.23. The van der Waals surface area contributed by atoms with Crippen molar-refractivity contribution in [2.45, 2.75) is 23.6 Å². The maximum absolute atomic E-state index is 12.5. The molecule has 0 radical (unpaired) electrons. The summed E-state index contributed by atoms with van der Waals surface area (Å²) in [6.45, 7) is 4.22. The van der Waals surface area contributed by atoms with Gasteiger partial charge >= 0.3 is 0 Å². The first kappa shape index (κ1) is 20.8. The predicted molar refractivity (Wildman–Crippen MR) is 108 cm³/mol. The van der Waals surface area contributed by atoms with Gasteiger partial charge in [0.05, 0.1) is 10.9 Å². The lowest BCUT2D eigenvalue weighted by Crippen LogP contribution is -2.53. The summed E-state index contributed by atoms with van der Waals surface area (Å²) in [7, 11) is 0. The smallest absolute Gasteiger partial charge is 0.288 e. The Morgan fingerprint density at radius 2 is 1.79 bits per heavy atom. The van der Waals surface area contributed by atoms with E-state index < -0.39 is 5.76 Å². The van der Waals surface area contributed by atoms with Crippen molar-refractivity contribution in [1.29, 1.82) is 0 Å². The highest BCUT2D eigenvalue weighted by molar-refractivity contribution is 7.99. The Balaban J connectivity index is 1.49. The Morgan fingerprint density at radius 3 is 2.36 bits per heavy atom. The molecule has 1 aromatic carbocycles. The zero-order valence-electron chi connectivity index (χ0n) is 15.3. The van der Waals surface area contributed by atoms with Crippen LogP contribution in [0, 0.1) is 0 Å².